The van der Waals surface area contributed by atoms with E-state index in [1.165, 1.54) is 11.0 Å². The average molecular weight is 483 g/mol. The van der Waals surface area contributed by atoms with E-state index in [9.17, 15) is 19.7 Å². The average Bonchev–Trinajstić information content (AvgIpc) is 2.86. The second kappa shape index (κ2) is 10.6. The Morgan fingerprint density at radius 3 is 2.66 bits per heavy atom. The molecule has 35 heavy (non-hydrogen) atoms. The first-order chi connectivity index (χ1) is 16.9. The molecule has 10 heteroatoms. The third-order valence-electron chi connectivity index (χ3n) is 6.25. The lowest BCUT2D eigenvalue weighted by atomic mass is 9.99. The Kier molecular flexibility index (Phi) is 7.38. The van der Waals surface area contributed by atoms with Gasteiger partial charge < -0.3 is 24.6 Å². The number of likely N-dealkylation sites (N-methyl/N-ethyl adjacent to an activating group) is 1. The van der Waals surface area contributed by atoms with Gasteiger partial charge in [-0.25, -0.2) is 0 Å². The molecular weight excluding hydrogens is 452 g/mol. The number of ether oxygens (including phenoxy) is 2. The van der Waals surface area contributed by atoms with Gasteiger partial charge in [0.15, 0.2) is 11.5 Å². The zero-order chi connectivity index (χ0) is 24.9. The fourth-order valence-electron chi connectivity index (χ4n) is 4.48. The number of nitrogens with one attached hydrogen (secondary N) is 1. The van der Waals surface area contributed by atoms with E-state index < -0.39 is 10.8 Å². The van der Waals surface area contributed by atoms with Crippen LogP contribution in [0.3, 0.4) is 0 Å². The minimum Gasteiger partial charge on any atom is -0.486 e. The first kappa shape index (κ1) is 24.3. The largest absolute Gasteiger partial charge is 0.486 e. The van der Waals surface area contributed by atoms with E-state index in [4.69, 9.17) is 9.47 Å². The van der Waals surface area contributed by atoms with E-state index in [0.717, 1.165) is 25.9 Å². The van der Waals surface area contributed by atoms with Crippen LogP contribution in [0.4, 0.5) is 17.1 Å². The first-order valence-corrected chi connectivity index (χ1v) is 11.9. The molecule has 1 N–H and O–H groups in total. The third-order valence-corrected chi connectivity index (χ3v) is 6.25. The number of amides is 2. The smallest absolute Gasteiger partial charge is 0.293 e. The van der Waals surface area contributed by atoms with Crippen molar-refractivity contribution in [2.45, 2.75) is 26.7 Å². The first-order valence-electron chi connectivity index (χ1n) is 11.9. The van der Waals surface area contributed by atoms with Gasteiger partial charge in [-0.2, -0.15) is 0 Å². The second-order valence-corrected chi connectivity index (χ2v) is 8.88. The number of nitro groups is 1. The zero-order valence-electron chi connectivity index (χ0n) is 20.0. The number of hydrogen-bond acceptors (Lipinski definition) is 7. The molecule has 1 unspecified atom stereocenters. The van der Waals surface area contributed by atoms with Gasteiger partial charge in [-0.3, -0.25) is 19.7 Å². The van der Waals surface area contributed by atoms with E-state index in [1.807, 2.05) is 4.90 Å². The molecule has 186 valence electrons. The summed E-state index contributed by atoms with van der Waals surface area (Å²) < 4.78 is 11.0. The van der Waals surface area contributed by atoms with Crippen LogP contribution in [0.15, 0.2) is 36.4 Å². The van der Waals surface area contributed by atoms with Crippen LogP contribution >= 0.6 is 0 Å². The van der Waals surface area contributed by atoms with Crippen LogP contribution < -0.4 is 19.7 Å². The molecule has 0 bridgehead atoms. The van der Waals surface area contributed by atoms with Crippen molar-refractivity contribution in [1.29, 1.82) is 0 Å². The van der Waals surface area contributed by atoms with Crippen LogP contribution in [-0.2, 0) is 4.79 Å². The van der Waals surface area contributed by atoms with Crippen LogP contribution in [0.25, 0.3) is 0 Å². The Hall–Kier alpha value is -3.82. The Morgan fingerprint density at radius 2 is 1.94 bits per heavy atom. The Labute approximate surface area is 203 Å². The molecule has 4 rings (SSSR count). The summed E-state index contributed by atoms with van der Waals surface area (Å²) in [6.45, 7) is 6.37. The maximum absolute atomic E-state index is 13.1. The second-order valence-electron chi connectivity index (χ2n) is 8.88. The van der Waals surface area contributed by atoms with Gasteiger partial charge in [0, 0.05) is 43.0 Å². The van der Waals surface area contributed by atoms with Crippen LogP contribution in [0, 0.1) is 16.0 Å². The molecule has 0 aromatic heterocycles. The molecule has 1 atom stereocenters. The SMILES string of the molecule is CCN(CC(=O)Nc1ccc2c(c1)OCCO2)C(=O)c1ccc(N2CCCC(C)C2)c([N+](=O)[O-])c1. The topological polar surface area (TPSA) is 114 Å². The normalized spacial score (nSPS) is 17.0. The number of nitro benzene ring substituents is 1. The van der Waals surface area contributed by atoms with Gasteiger partial charge in [-0.15, -0.1) is 0 Å². The lowest BCUT2D eigenvalue weighted by molar-refractivity contribution is -0.384. The maximum atomic E-state index is 13.1. The molecular formula is C25H30N4O6. The standard InChI is InChI=1S/C25H30N4O6/c1-3-27(16-24(30)26-19-7-9-22-23(14-19)35-12-11-34-22)25(31)18-6-8-20(21(13-18)29(32)33)28-10-4-5-17(2)15-28/h6-9,13-14,17H,3-5,10-12,15-16H2,1-2H3,(H,26,30). The molecule has 0 saturated carbocycles. The molecule has 0 aliphatic carbocycles. The lowest BCUT2D eigenvalue weighted by Crippen LogP contribution is -2.38. The van der Waals surface area contributed by atoms with Gasteiger partial charge in [-0.1, -0.05) is 6.92 Å². The summed E-state index contributed by atoms with van der Waals surface area (Å²) in [5.74, 6) is 0.793. The van der Waals surface area contributed by atoms with Crippen molar-refractivity contribution in [3.05, 3.63) is 52.1 Å². The Balaban J connectivity index is 1.46. The molecule has 1 fully saturated rings. The number of rotatable bonds is 7. The van der Waals surface area contributed by atoms with Gasteiger partial charge in [0.25, 0.3) is 11.6 Å². The zero-order valence-corrected chi connectivity index (χ0v) is 20.0. The van der Waals surface area contributed by atoms with Crippen molar-refractivity contribution in [3.8, 4) is 11.5 Å². The summed E-state index contributed by atoms with van der Waals surface area (Å²) in [6.07, 6.45) is 2.07. The van der Waals surface area contributed by atoms with Crippen molar-refractivity contribution in [1.82, 2.24) is 4.90 Å². The number of hydrogen-bond donors (Lipinski definition) is 1. The van der Waals surface area contributed by atoms with Gasteiger partial charge in [0.2, 0.25) is 5.91 Å². The number of benzene rings is 2. The van der Waals surface area contributed by atoms with Crippen LogP contribution in [-0.4, -0.2) is 61.0 Å². The summed E-state index contributed by atoms with van der Waals surface area (Å²) >= 11 is 0. The van der Waals surface area contributed by atoms with Crippen LogP contribution in [0.2, 0.25) is 0 Å². The molecule has 0 radical (unpaired) electrons. The highest BCUT2D eigenvalue weighted by atomic mass is 16.6. The van der Waals surface area contributed by atoms with Crippen molar-refractivity contribution in [2.75, 3.05) is 49.6 Å². The summed E-state index contributed by atoms with van der Waals surface area (Å²) in [5, 5.41) is 14.6. The molecule has 2 amide bonds. The number of carbonyl (C=O) groups excluding carboxylic acids is 2. The maximum Gasteiger partial charge on any atom is 0.293 e. The van der Waals surface area contributed by atoms with Crippen LogP contribution in [0.5, 0.6) is 11.5 Å². The molecule has 2 heterocycles. The van der Waals surface area contributed by atoms with E-state index in [1.54, 1.807) is 37.3 Å². The number of fused-ring (bicyclic) bond motifs is 1. The monoisotopic (exact) mass is 482 g/mol. The minimum absolute atomic E-state index is 0.0956. The van der Waals surface area contributed by atoms with E-state index >= 15 is 0 Å². The Morgan fingerprint density at radius 1 is 1.17 bits per heavy atom. The highest BCUT2D eigenvalue weighted by Gasteiger charge is 2.27. The molecule has 10 nitrogen and oxygen atoms in total. The highest BCUT2D eigenvalue weighted by molar-refractivity contribution is 6.00. The molecule has 2 aromatic carbocycles. The van der Waals surface area contributed by atoms with Crippen molar-refractivity contribution in [2.24, 2.45) is 5.92 Å². The number of piperidine rings is 1. The molecule has 1 saturated heterocycles. The third kappa shape index (κ3) is 5.64. The fraction of sp³-hybridized carbons (Fsp3) is 0.440. The van der Waals surface area contributed by atoms with Gasteiger partial charge in [-0.05, 0) is 49.9 Å². The van der Waals surface area contributed by atoms with E-state index in [2.05, 4.69) is 12.2 Å². The van der Waals surface area contributed by atoms with Crippen molar-refractivity contribution < 1.29 is 24.0 Å². The van der Waals surface area contributed by atoms with Crippen LogP contribution in [0.1, 0.15) is 37.0 Å². The highest BCUT2D eigenvalue weighted by Crippen LogP contribution is 2.34. The molecule has 2 aliphatic heterocycles. The predicted octanol–water partition coefficient (Wildman–Crippen LogP) is 3.70. The van der Waals surface area contributed by atoms with E-state index in [-0.39, 0.29) is 30.2 Å². The van der Waals surface area contributed by atoms with Crippen molar-refractivity contribution in [3.63, 3.8) is 0 Å². The van der Waals surface area contributed by atoms with E-state index in [0.29, 0.717) is 42.0 Å². The summed E-state index contributed by atoms with van der Waals surface area (Å²) in [7, 11) is 0. The minimum atomic E-state index is -0.448. The quantitative estimate of drug-likeness (QED) is 0.473. The lowest BCUT2D eigenvalue weighted by Gasteiger charge is -2.32. The number of carbonyl (C=O) groups is 2. The van der Waals surface area contributed by atoms with Gasteiger partial charge in [0.05, 0.1) is 4.92 Å². The number of nitrogens with zero attached hydrogens (tertiary/aromatic N) is 3. The van der Waals surface area contributed by atoms with Gasteiger partial charge >= 0.3 is 0 Å². The summed E-state index contributed by atoms with van der Waals surface area (Å²) in [5.41, 5.74) is 1.14. The summed E-state index contributed by atoms with van der Waals surface area (Å²) in [6, 6.07) is 9.66. The van der Waals surface area contributed by atoms with Crippen molar-refractivity contribution >= 4 is 28.9 Å². The Bertz CT molecular complexity index is 1120. The molecule has 2 aromatic rings. The summed E-state index contributed by atoms with van der Waals surface area (Å²) in [4.78, 5) is 40.5. The predicted molar refractivity (Wildman–Crippen MR) is 131 cm³/mol. The van der Waals surface area contributed by atoms with Gasteiger partial charge in [0.1, 0.15) is 25.4 Å². The number of anilines is 2. The molecule has 0 spiro atoms. The molecule has 2 aliphatic rings. The fourth-order valence-corrected chi connectivity index (χ4v) is 4.48.